The molecule has 0 unspecified atom stereocenters. The normalized spacial score (nSPS) is 10.7. The zero-order valence-corrected chi connectivity index (χ0v) is 21.6. The minimum absolute atomic E-state index is 0.0188. The van der Waals surface area contributed by atoms with Crippen molar-refractivity contribution in [3.63, 3.8) is 0 Å². The van der Waals surface area contributed by atoms with Gasteiger partial charge in [0.15, 0.2) is 5.94 Å². The third kappa shape index (κ3) is 5.04. The van der Waals surface area contributed by atoms with Gasteiger partial charge in [-0.1, -0.05) is 46.5 Å². The summed E-state index contributed by atoms with van der Waals surface area (Å²) in [6, 6.07) is 20.0. The third-order valence-corrected chi connectivity index (χ3v) is 6.26. The highest BCUT2D eigenvalue weighted by Crippen LogP contribution is 2.34. The lowest BCUT2D eigenvalue weighted by molar-refractivity contribution is 0.102. The molecule has 0 aliphatic heterocycles. The molecule has 38 heavy (non-hydrogen) atoms. The Hall–Kier alpha value is -4.78. The first kappa shape index (κ1) is 24.9. The van der Waals surface area contributed by atoms with E-state index in [0.717, 1.165) is 27.6 Å². The highest BCUT2D eigenvalue weighted by atomic mass is 35.5. The van der Waals surface area contributed by atoms with E-state index < -0.39 is 5.91 Å². The van der Waals surface area contributed by atoms with E-state index in [2.05, 4.69) is 26.8 Å². The maximum absolute atomic E-state index is 12.5. The molecule has 5 rings (SSSR count). The van der Waals surface area contributed by atoms with Crippen LogP contribution in [0, 0.1) is 20.8 Å². The van der Waals surface area contributed by atoms with Gasteiger partial charge in [-0.05, 0) is 61.9 Å². The van der Waals surface area contributed by atoms with Crippen LogP contribution in [0.2, 0.25) is 5.02 Å². The number of benzene rings is 3. The summed E-state index contributed by atoms with van der Waals surface area (Å²) in [6.07, 6.45) is 0. The number of aryl methyl sites for hydroxylation is 3. The van der Waals surface area contributed by atoms with Crippen molar-refractivity contribution >= 4 is 51.8 Å². The molecule has 0 saturated carbocycles. The molecule has 0 aliphatic carbocycles. The van der Waals surface area contributed by atoms with E-state index in [1.807, 2.05) is 50.2 Å². The van der Waals surface area contributed by atoms with Gasteiger partial charge in [0.05, 0.1) is 11.2 Å². The minimum Gasteiger partial charge on any atom is -0.408 e. The molecule has 0 fully saturated rings. The first-order chi connectivity index (χ1) is 18.3. The molecule has 2 heterocycles. The number of carbonyl (C=O) groups is 1. The molecule has 0 radical (unpaired) electrons. The molecule has 0 saturated heterocycles. The molecule has 8 nitrogen and oxygen atoms in total. The molecule has 188 valence electrons. The van der Waals surface area contributed by atoms with E-state index in [4.69, 9.17) is 21.0 Å². The van der Waals surface area contributed by atoms with Crippen molar-refractivity contribution in [3.8, 4) is 11.3 Å². The lowest BCUT2D eigenvalue weighted by atomic mass is 9.98. The lowest BCUT2D eigenvalue weighted by Gasteiger charge is -2.15. The Morgan fingerprint density at radius 3 is 2.39 bits per heavy atom. The lowest BCUT2D eigenvalue weighted by Crippen LogP contribution is -2.12. The molecule has 0 bridgehead atoms. The molecule has 0 spiro atoms. The maximum atomic E-state index is 12.5. The average Bonchev–Trinajstić information content (AvgIpc) is 3.31. The predicted octanol–water partition coefficient (Wildman–Crippen LogP) is 6.40. The third-order valence-electron chi connectivity index (χ3n) is 5.93. The summed E-state index contributed by atoms with van der Waals surface area (Å²) in [6.45, 7) is 5.61. The second kappa shape index (κ2) is 10.3. The monoisotopic (exact) mass is 523 g/mol. The van der Waals surface area contributed by atoms with Crippen LogP contribution in [-0.2, 0) is 4.79 Å². The van der Waals surface area contributed by atoms with E-state index in [9.17, 15) is 9.59 Å². The quantitative estimate of drug-likeness (QED) is 0.248. The van der Waals surface area contributed by atoms with Crippen molar-refractivity contribution in [1.82, 2.24) is 15.2 Å². The van der Waals surface area contributed by atoms with Crippen LogP contribution in [0.1, 0.15) is 32.9 Å². The zero-order chi connectivity index (χ0) is 26.8. The van der Waals surface area contributed by atoms with Gasteiger partial charge in [0.2, 0.25) is 5.89 Å². The van der Waals surface area contributed by atoms with Crippen LogP contribution in [0.15, 0.2) is 71.1 Å². The van der Waals surface area contributed by atoms with E-state index >= 15 is 0 Å². The summed E-state index contributed by atoms with van der Waals surface area (Å²) in [7, 11) is 0. The van der Waals surface area contributed by atoms with Crippen LogP contribution >= 0.6 is 11.6 Å². The Morgan fingerprint density at radius 2 is 1.71 bits per heavy atom. The molecule has 9 heteroatoms. The average molecular weight is 524 g/mol. The van der Waals surface area contributed by atoms with E-state index in [-0.39, 0.29) is 11.7 Å². The summed E-state index contributed by atoms with van der Waals surface area (Å²) in [5.41, 5.74) is 6.03. The van der Waals surface area contributed by atoms with Gasteiger partial charge in [-0.2, -0.15) is 0 Å². The summed E-state index contributed by atoms with van der Waals surface area (Å²) < 4.78 is 5.19. The SMILES string of the molecule is Cc1cc(C)c2nc(-c3ccccc3Cl)cc(C(=C=O)Nc3ccc(C(=O)Nc4nnc(C)o4)cc3)c2c1. The van der Waals surface area contributed by atoms with E-state index in [1.54, 1.807) is 37.3 Å². The number of aromatic nitrogens is 3. The molecule has 1 amide bonds. The Labute approximate surface area is 223 Å². The Balaban J connectivity index is 1.50. The Morgan fingerprint density at radius 1 is 0.947 bits per heavy atom. The number of hydrogen-bond acceptors (Lipinski definition) is 7. The second-order valence-electron chi connectivity index (χ2n) is 8.77. The predicted molar refractivity (Wildman–Crippen MR) is 148 cm³/mol. The molecule has 2 N–H and O–H groups in total. The van der Waals surface area contributed by atoms with Crippen LogP contribution in [-0.4, -0.2) is 27.0 Å². The number of hydrogen-bond donors (Lipinski definition) is 2. The van der Waals surface area contributed by atoms with Crippen LogP contribution in [0.5, 0.6) is 0 Å². The topological polar surface area (TPSA) is 110 Å². The number of amides is 1. The van der Waals surface area contributed by atoms with Gasteiger partial charge < -0.3 is 9.73 Å². The van der Waals surface area contributed by atoms with Crippen molar-refractivity contribution in [3.05, 3.63) is 99.9 Å². The van der Waals surface area contributed by atoms with Crippen LogP contribution in [0.4, 0.5) is 11.7 Å². The smallest absolute Gasteiger partial charge is 0.322 e. The number of halogens is 1. The fraction of sp³-hybridized carbons (Fsp3) is 0.103. The highest BCUT2D eigenvalue weighted by Gasteiger charge is 2.17. The maximum Gasteiger partial charge on any atom is 0.322 e. The van der Waals surface area contributed by atoms with Gasteiger partial charge in [-0.15, -0.1) is 5.10 Å². The van der Waals surface area contributed by atoms with E-state index in [0.29, 0.717) is 33.4 Å². The number of anilines is 2. The highest BCUT2D eigenvalue weighted by molar-refractivity contribution is 6.33. The molecular formula is C29H22ClN5O3. The zero-order valence-electron chi connectivity index (χ0n) is 20.8. The van der Waals surface area contributed by atoms with E-state index in [1.165, 1.54) is 0 Å². The van der Waals surface area contributed by atoms with Gasteiger partial charge in [0.1, 0.15) is 5.70 Å². The molecule has 2 aromatic heterocycles. The summed E-state index contributed by atoms with van der Waals surface area (Å²) in [5.74, 6) is 2.00. The minimum atomic E-state index is -0.401. The number of rotatable bonds is 6. The summed E-state index contributed by atoms with van der Waals surface area (Å²) in [5, 5.41) is 14.5. The molecule has 0 atom stereocenters. The number of fused-ring (bicyclic) bond motifs is 1. The Bertz CT molecular complexity index is 1740. The van der Waals surface area contributed by atoms with Crippen molar-refractivity contribution in [2.24, 2.45) is 0 Å². The number of nitrogens with zero attached hydrogens (tertiary/aromatic N) is 3. The molecular weight excluding hydrogens is 502 g/mol. The number of carbonyl (C=O) groups excluding carboxylic acids is 2. The Kier molecular flexibility index (Phi) is 6.75. The fourth-order valence-corrected chi connectivity index (χ4v) is 4.44. The summed E-state index contributed by atoms with van der Waals surface area (Å²) in [4.78, 5) is 29.6. The van der Waals surface area contributed by atoms with Gasteiger partial charge in [0, 0.05) is 39.7 Å². The molecule has 5 aromatic rings. The van der Waals surface area contributed by atoms with Gasteiger partial charge in [-0.25, -0.2) is 9.78 Å². The van der Waals surface area contributed by atoms with Crippen LogP contribution < -0.4 is 10.6 Å². The standard InChI is InChI=1S/C29H22ClN5O3/c1-16-12-17(2)27-23(13-16)22(14-25(32-27)21-6-4-5-7-24(21)30)26(15-36)31-20-10-8-19(9-11-20)28(37)33-29-35-34-18(3)38-29/h4-14,31H,1-3H3,(H,33,35,37). The molecule has 3 aromatic carbocycles. The van der Waals surface area contributed by atoms with Gasteiger partial charge in [0.25, 0.3) is 5.91 Å². The van der Waals surface area contributed by atoms with Crippen molar-refractivity contribution in [2.45, 2.75) is 20.8 Å². The van der Waals surface area contributed by atoms with Gasteiger partial charge >= 0.3 is 6.01 Å². The second-order valence-corrected chi connectivity index (χ2v) is 9.18. The van der Waals surface area contributed by atoms with Crippen molar-refractivity contribution < 1.29 is 14.0 Å². The van der Waals surface area contributed by atoms with Crippen LogP contribution in [0.25, 0.3) is 27.9 Å². The largest absolute Gasteiger partial charge is 0.408 e. The van der Waals surface area contributed by atoms with Crippen molar-refractivity contribution in [1.29, 1.82) is 0 Å². The number of nitrogens with one attached hydrogen (secondary N) is 2. The van der Waals surface area contributed by atoms with Gasteiger partial charge in [-0.3, -0.25) is 10.1 Å². The van der Waals surface area contributed by atoms with Crippen LogP contribution in [0.3, 0.4) is 0 Å². The molecule has 0 aliphatic rings. The van der Waals surface area contributed by atoms with Crippen molar-refractivity contribution in [2.75, 3.05) is 10.6 Å². The summed E-state index contributed by atoms with van der Waals surface area (Å²) >= 11 is 6.48. The first-order valence-electron chi connectivity index (χ1n) is 11.7. The first-order valence-corrected chi connectivity index (χ1v) is 12.1. The number of pyridine rings is 1. The fourth-order valence-electron chi connectivity index (χ4n) is 4.21.